The van der Waals surface area contributed by atoms with Gasteiger partial charge in [-0.3, -0.25) is 0 Å². The molecule has 1 nitrogen and oxygen atoms in total. The Kier molecular flexibility index (Phi) is 2.26. The molecule has 0 radical (unpaired) electrons. The lowest BCUT2D eigenvalue weighted by Gasteiger charge is -2.18. The molecule has 0 saturated carbocycles. The smallest absolute Gasteiger partial charge is 0.0404 e. The summed E-state index contributed by atoms with van der Waals surface area (Å²) in [6.07, 6.45) is 1.23. The van der Waals surface area contributed by atoms with Gasteiger partial charge < -0.3 is 4.90 Å². The summed E-state index contributed by atoms with van der Waals surface area (Å²) in [7, 11) is 0. The Balaban J connectivity index is 2.58. The van der Waals surface area contributed by atoms with Crippen molar-refractivity contribution in [2.75, 3.05) is 18.0 Å². The molecule has 14 heavy (non-hydrogen) atoms. The molecule has 1 aromatic carbocycles. The van der Waals surface area contributed by atoms with E-state index in [1.54, 1.807) is 5.56 Å². The molecule has 1 aliphatic rings. The van der Waals surface area contributed by atoms with Crippen LogP contribution in [0.25, 0.3) is 0 Å². The van der Waals surface area contributed by atoms with Crippen LogP contribution in [0.4, 0.5) is 5.69 Å². The molecule has 1 heterocycles. The highest BCUT2D eigenvalue weighted by Crippen LogP contribution is 2.33. The van der Waals surface area contributed by atoms with Gasteiger partial charge in [0.15, 0.2) is 0 Å². The van der Waals surface area contributed by atoms with E-state index in [2.05, 4.69) is 38.7 Å². The molecular weight excluding hydrogens is 170 g/mol. The van der Waals surface area contributed by atoms with Crippen LogP contribution < -0.4 is 4.90 Å². The van der Waals surface area contributed by atoms with E-state index in [0.29, 0.717) is 0 Å². The molecule has 0 amide bonds. The third kappa shape index (κ3) is 1.23. The van der Waals surface area contributed by atoms with Crippen LogP contribution in [0.5, 0.6) is 0 Å². The fourth-order valence-corrected chi connectivity index (χ4v) is 2.41. The molecule has 1 aliphatic heterocycles. The first kappa shape index (κ1) is 9.57. The number of hydrogen-bond acceptors (Lipinski definition) is 1. The first-order valence-corrected chi connectivity index (χ1v) is 5.49. The lowest BCUT2D eigenvalue weighted by atomic mass is 9.97. The Labute approximate surface area is 86.7 Å². The van der Waals surface area contributed by atoms with Gasteiger partial charge in [-0.25, -0.2) is 0 Å². The van der Waals surface area contributed by atoms with Gasteiger partial charge >= 0.3 is 0 Å². The van der Waals surface area contributed by atoms with Crippen molar-refractivity contribution in [3.8, 4) is 0 Å². The van der Waals surface area contributed by atoms with E-state index in [0.717, 1.165) is 6.54 Å². The van der Waals surface area contributed by atoms with Crippen LogP contribution in [0.2, 0.25) is 0 Å². The number of rotatable bonds is 1. The first-order chi connectivity index (χ1) is 6.65. The number of hydrogen-bond donors (Lipinski definition) is 0. The lowest BCUT2D eigenvalue weighted by molar-refractivity contribution is 0.867. The van der Waals surface area contributed by atoms with Gasteiger partial charge in [0.05, 0.1) is 0 Å². The van der Waals surface area contributed by atoms with Crippen molar-refractivity contribution in [3.05, 3.63) is 28.3 Å². The second-order valence-corrected chi connectivity index (χ2v) is 4.27. The summed E-state index contributed by atoms with van der Waals surface area (Å²) < 4.78 is 0. The summed E-state index contributed by atoms with van der Waals surface area (Å²) >= 11 is 0. The molecule has 0 bridgehead atoms. The molecule has 0 aliphatic carbocycles. The minimum Gasteiger partial charge on any atom is -0.371 e. The molecule has 0 saturated heterocycles. The topological polar surface area (TPSA) is 3.24 Å². The number of benzene rings is 1. The second-order valence-electron chi connectivity index (χ2n) is 4.27. The Morgan fingerprint density at radius 2 is 1.93 bits per heavy atom. The van der Waals surface area contributed by atoms with Crippen LogP contribution >= 0.6 is 0 Å². The highest BCUT2D eigenvalue weighted by atomic mass is 15.1. The molecule has 0 fully saturated rings. The van der Waals surface area contributed by atoms with Crippen LogP contribution in [0, 0.1) is 20.8 Å². The number of anilines is 1. The molecule has 0 aromatic heterocycles. The van der Waals surface area contributed by atoms with Crippen molar-refractivity contribution < 1.29 is 0 Å². The zero-order chi connectivity index (χ0) is 10.3. The van der Waals surface area contributed by atoms with Crippen molar-refractivity contribution in [1.82, 2.24) is 0 Å². The van der Waals surface area contributed by atoms with Gasteiger partial charge in [-0.1, -0.05) is 0 Å². The fourth-order valence-electron chi connectivity index (χ4n) is 2.41. The van der Waals surface area contributed by atoms with E-state index >= 15 is 0 Å². The largest absolute Gasteiger partial charge is 0.371 e. The highest BCUT2D eigenvalue weighted by Gasteiger charge is 2.20. The summed E-state index contributed by atoms with van der Waals surface area (Å²) in [5.41, 5.74) is 7.47. The number of aryl methyl sites for hydroxylation is 1. The third-order valence-electron chi connectivity index (χ3n) is 3.62. The predicted molar refractivity (Wildman–Crippen MR) is 62.2 cm³/mol. The van der Waals surface area contributed by atoms with Crippen molar-refractivity contribution in [2.45, 2.75) is 34.1 Å². The van der Waals surface area contributed by atoms with Gasteiger partial charge in [0, 0.05) is 18.8 Å². The molecular formula is C13H19N. The number of nitrogens with zero attached hydrogens (tertiary/aromatic N) is 1. The molecule has 0 unspecified atom stereocenters. The molecule has 2 rings (SSSR count). The van der Waals surface area contributed by atoms with Crippen LogP contribution in [0.3, 0.4) is 0 Å². The SMILES string of the molecule is CCN1CCc2c1cc(C)c(C)c2C. The normalized spacial score (nSPS) is 14.7. The van der Waals surface area contributed by atoms with Gasteiger partial charge in [-0.2, -0.15) is 0 Å². The number of likely N-dealkylation sites (N-methyl/N-ethyl adjacent to an activating group) is 1. The second kappa shape index (κ2) is 3.30. The Morgan fingerprint density at radius 3 is 2.57 bits per heavy atom. The fraction of sp³-hybridized carbons (Fsp3) is 0.538. The van der Waals surface area contributed by atoms with Gasteiger partial charge in [-0.05, 0) is 62.4 Å². The zero-order valence-corrected chi connectivity index (χ0v) is 9.65. The van der Waals surface area contributed by atoms with Crippen molar-refractivity contribution in [2.24, 2.45) is 0 Å². The Hall–Kier alpha value is -0.980. The van der Waals surface area contributed by atoms with E-state index < -0.39 is 0 Å². The van der Waals surface area contributed by atoms with E-state index in [9.17, 15) is 0 Å². The van der Waals surface area contributed by atoms with Gasteiger partial charge in [-0.15, -0.1) is 0 Å². The maximum Gasteiger partial charge on any atom is 0.0404 e. The minimum absolute atomic E-state index is 1.13. The molecule has 0 spiro atoms. The quantitative estimate of drug-likeness (QED) is 0.656. The van der Waals surface area contributed by atoms with Gasteiger partial charge in [0.25, 0.3) is 0 Å². The van der Waals surface area contributed by atoms with E-state index in [1.165, 1.54) is 35.3 Å². The zero-order valence-electron chi connectivity index (χ0n) is 9.65. The van der Waals surface area contributed by atoms with E-state index in [4.69, 9.17) is 0 Å². The van der Waals surface area contributed by atoms with Crippen molar-refractivity contribution in [3.63, 3.8) is 0 Å². The van der Waals surface area contributed by atoms with Crippen molar-refractivity contribution in [1.29, 1.82) is 0 Å². The van der Waals surface area contributed by atoms with Crippen LogP contribution in [-0.2, 0) is 6.42 Å². The summed E-state index contributed by atoms with van der Waals surface area (Å²) in [6, 6.07) is 2.36. The standard InChI is InChI=1S/C13H19N/c1-5-14-7-6-12-11(4)10(3)9(2)8-13(12)14/h8H,5-7H2,1-4H3. The van der Waals surface area contributed by atoms with E-state index in [-0.39, 0.29) is 0 Å². The molecule has 1 aromatic rings. The maximum absolute atomic E-state index is 2.48. The summed E-state index contributed by atoms with van der Waals surface area (Å²) in [6.45, 7) is 11.3. The summed E-state index contributed by atoms with van der Waals surface area (Å²) in [4.78, 5) is 2.48. The summed E-state index contributed by atoms with van der Waals surface area (Å²) in [5.74, 6) is 0. The molecule has 76 valence electrons. The van der Waals surface area contributed by atoms with Gasteiger partial charge in [0.1, 0.15) is 0 Å². The molecule has 0 N–H and O–H groups in total. The monoisotopic (exact) mass is 189 g/mol. The highest BCUT2D eigenvalue weighted by molar-refractivity contribution is 5.64. The third-order valence-corrected chi connectivity index (χ3v) is 3.62. The Bertz CT molecular complexity index is 366. The molecule has 1 heteroatoms. The van der Waals surface area contributed by atoms with Gasteiger partial charge in [0.2, 0.25) is 0 Å². The van der Waals surface area contributed by atoms with E-state index in [1.807, 2.05) is 0 Å². The van der Waals surface area contributed by atoms with Crippen LogP contribution in [0.1, 0.15) is 29.2 Å². The maximum atomic E-state index is 2.48. The Morgan fingerprint density at radius 1 is 1.21 bits per heavy atom. The number of fused-ring (bicyclic) bond motifs is 1. The van der Waals surface area contributed by atoms with Crippen LogP contribution in [0.15, 0.2) is 6.07 Å². The molecule has 0 atom stereocenters. The predicted octanol–water partition coefficient (Wildman–Crippen LogP) is 2.99. The first-order valence-electron chi connectivity index (χ1n) is 5.49. The average Bonchev–Trinajstić information content (AvgIpc) is 2.57. The van der Waals surface area contributed by atoms with Crippen LogP contribution in [-0.4, -0.2) is 13.1 Å². The summed E-state index contributed by atoms with van der Waals surface area (Å²) in [5, 5.41) is 0. The van der Waals surface area contributed by atoms with Crippen molar-refractivity contribution >= 4 is 5.69 Å². The lowest BCUT2D eigenvalue weighted by Crippen LogP contribution is -2.19. The average molecular weight is 189 g/mol. The minimum atomic E-state index is 1.13.